The molecule has 0 aliphatic carbocycles. The van der Waals surface area contributed by atoms with Gasteiger partial charge in [-0.3, -0.25) is 0 Å². The van der Waals surface area contributed by atoms with E-state index >= 15 is 0 Å². The van der Waals surface area contributed by atoms with Crippen molar-refractivity contribution in [3.05, 3.63) is 71.0 Å². The van der Waals surface area contributed by atoms with E-state index in [2.05, 4.69) is 27.8 Å². The maximum absolute atomic E-state index is 13.8. The van der Waals surface area contributed by atoms with Gasteiger partial charge in [-0.2, -0.15) is 5.26 Å². The van der Waals surface area contributed by atoms with Crippen LogP contribution in [0, 0.1) is 17.1 Å². The quantitative estimate of drug-likeness (QED) is 0.400. The van der Waals surface area contributed by atoms with Gasteiger partial charge in [0.25, 0.3) is 0 Å². The zero-order valence-corrected chi connectivity index (χ0v) is 16.5. The molecule has 0 spiro atoms. The summed E-state index contributed by atoms with van der Waals surface area (Å²) in [5.74, 6) is 0.285. The van der Waals surface area contributed by atoms with Crippen LogP contribution in [0.25, 0.3) is 0 Å². The zero-order valence-electron chi connectivity index (χ0n) is 14.1. The van der Waals surface area contributed by atoms with Gasteiger partial charge < -0.3 is 10.6 Å². The smallest absolute Gasteiger partial charge is 0.191 e. The topological polar surface area (TPSA) is 60.2 Å². The molecular formula is C19H22FIN4. The summed E-state index contributed by atoms with van der Waals surface area (Å²) in [4.78, 5) is 4.40. The third-order valence-electron chi connectivity index (χ3n) is 3.48. The fourth-order valence-corrected chi connectivity index (χ4v) is 2.24. The van der Waals surface area contributed by atoms with Gasteiger partial charge in [-0.1, -0.05) is 30.3 Å². The monoisotopic (exact) mass is 452 g/mol. The molecule has 0 aromatic heterocycles. The molecule has 0 unspecified atom stereocenters. The third-order valence-corrected chi connectivity index (χ3v) is 3.48. The van der Waals surface area contributed by atoms with E-state index in [0.29, 0.717) is 17.1 Å². The summed E-state index contributed by atoms with van der Waals surface area (Å²) in [7, 11) is 0. The first-order chi connectivity index (χ1) is 11.7. The average molecular weight is 452 g/mol. The lowest BCUT2D eigenvalue weighted by atomic mass is 10.1. The SMILES string of the molecule is CCNC(=NCc1cc(C#N)ccc1F)NCCc1ccccc1.I. The number of benzene rings is 2. The van der Waals surface area contributed by atoms with Crippen LogP contribution in [-0.2, 0) is 13.0 Å². The minimum absolute atomic E-state index is 0. The minimum Gasteiger partial charge on any atom is -0.357 e. The van der Waals surface area contributed by atoms with E-state index in [4.69, 9.17) is 5.26 Å². The molecule has 0 heterocycles. The number of nitriles is 1. The summed E-state index contributed by atoms with van der Waals surface area (Å²) in [6.45, 7) is 3.61. The summed E-state index contributed by atoms with van der Waals surface area (Å²) in [6, 6.07) is 16.5. The molecule has 2 aromatic carbocycles. The Bertz CT molecular complexity index is 726. The lowest BCUT2D eigenvalue weighted by Crippen LogP contribution is -2.38. The maximum Gasteiger partial charge on any atom is 0.191 e. The van der Waals surface area contributed by atoms with Crippen molar-refractivity contribution >= 4 is 29.9 Å². The van der Waals surface area contributed by atoms with Crippen LogP contribution in [0.2, 0.25) is 0 Å². The lowest BCUT2D eigenvalue weighted by Gasteiger charge is -2.11. The average Bonchev–Trinajstić information content (AvgIpc) is 2.61. The summed E-state index contributed by atoms with van der Waals surface area (Å²) in [5.41, 5.74) is 2.09. The second-order valence-electron chi connectivity index (χ2n) is 5.28. The number of halogens is 2. The first-order valence-corrected chi connectivity index (χ1v) is 7.97. The number of nitrogens with zero attached hydrogens (tertiary/aromatic N) is 2. The summed E-state index contributed by atoms with van der Waals surface area (Å²) in [6.07, 6.45) is 0.879. The van der Waals surface area contributed by atoms with E-state index < -0.39 is 0 Å². The Morgan fingerprint density at radius 3 is 2.60 bits per heavy atom. The van der Waals surface area contributed by atoms with Gasteiger partial charge in [0.05, 0.1) is 18.2 Å². The number of guanidine groups is 1. The van der Waals surface area contributed by atoms with Crippen molar-refractivity contribution in [1.29, 1.82) is 5.26 Å². The highest BCUT2D eigenvalue weighted by atomic mass is 127. The second kappa shape index (κ2) is 11.4. The van der Waals surface area contributed by atoms with E-state index in [1.165, 1.54) is 23.8 Å². The van der Waals surface area contributed by atoms with Gasteiger partial charge in [-0.25, -0.2) is 9.38 Å². The highest BCUT2D eigenvalue weighted by molar-refractivity contribution is 14.0. The second-order valence-corrected chi connectivity index (χ2v) is 5.28. The molecule has 0 atom stereocenters. The fourth-order valence-electron chi connectivity index (χ4n) is 2.24. The van der Waals surface area contributed by atoms with Gasteiger partial charge >= 0.3 is 0 Å². The van der Waals surface area contributed by atoms with E-state index in [-0.39, 0.29) is 36.3 Å². The van der Waals surface area contributed by atoms with Crippen LogP contribution in [0.1, 0.15) is 23.6 Å². The van der Waals surface area contributed by atoms with Gasteiger partial charge in [0, 0.05) is 18.7 Å². The Balaban J connectivity index is 0.00000312. The first kappa shape index (κ1) is 20.9. The lowest BCUT2D eigenvalue weighted by molar-refractivity contribution is 0.610. The Labute approximate surface area is 165 Å². The molecule has 0 radical (unpaired) electrons. The number of rotatable bonds is 6. The standard InChI is InChI=1S/C19H21FN4.HI/c1-2-22-19(23-11-10-15-6-4-3-5-7-15)24-14-17-12-16(13-21)8-9-18(17)20;/h3-9,12H,2,10-11,14H2,1H3,(H2,22,23,24);1H. The molecule has 132 valence electrons. The molecule has 0 aliphatic rings. The number of aliphatic imine (C=N–C) groups is 1. The highest BCUT2D eigenvalue weighted by Crippen LogP contribution is 2.11. The first-order valence-electron chi connectivity index (χ1n) is 7.97. The maximum atomic E-state index is 13.8. The van der Waals surface area contributed by atoms with Crippen molar-refractivity contribution < 1.29 is 4.39 Å². The van der Waals surface area contributed by atoms with Crippen molar-refractivity contribution in [2.24, 2.45) is 4.99 Å². The van der Waals surface area contributed by atoms with Gasteiger partial charge in [0.15, 0.2) is 5.96 Å². The molecule has 0 aliphatic heterocycles. The van der Waals surface area contributed by atoms with Crippen LogP contribution < -0.4 is 10.6 Å². The van der Waals surface area contributed by atoms with Crippen LogP contribution >= 0.6 is 24.0 Å². The van der Waals surface area contributed by atoms with Crippen LogP contribution in [0.3, 0.4) is 0 Å². The van der Waals surface area contributed by atoms with E-state index in [1.54, 1.807) is 0 Å². The molecule has 0 amide bonds. The Kier molecular flexibility index (Phi) is 9.55. The molecule has 0 fully saturated rings. The van der Waals surface area contributed by atoms with Crippen LogP contribution in [0.4, 0.5) is 4.39 Å². The molecule has 0 saturated heterocycles. The molecule has 0 bridgehead atoms. The van der Waals surface area contributed by atoms with E-state index in [0.717, 1.165) is 19.5 Å². The summed E-state index contributed by atoms with van der Waals surface area (Å²) >= 11 is 0. The van der Waals surface area contributed by atoms with E-state index in [1.807, 2.05) is 31.2 Å². The molecule has 4 nitrogen and oxygen atoms in total. The Morgan fingerprint density at radius 2 is 1.92 bits per heavy atom. The van der Waals surface area contributed by atoms with Crippen molar-refractivity contribution in [3.63, 3.8) is 0 Å². The molecular weight excluding hydrogens is 430 g/mol. The number of nitrogens with one attached hydrogen (secondary N) is 2. The summed E-state index contributed by atoms with van der Waals surface area (Å²) in [5, 5.41) is 15.3. The minimum atomic E-state index is -0.349. The predicted octanol–water partition coefficient (Wildman–Crippen LogP) is 3.61. The number of hydrogen-bond acceptors (Lipinski definition) is 2. The van der Waals surface area contributed by atoms with Crippen LogP contribution in [0.5, 0.6) is 0 Å². The van der Waals surface area contributed by atoms with Crippen LogP contribution in [-0.4, -0.2) is 19.0 Å². The molecule has 2 rings (SSSR count). The van der Waals surface area contributed by atoms with Crippen LogP contribution in [0.15, 0.2) is 53.5 Å². The van der Waals surface area contributed by atoms with Crippen molar-refractivity contribution in [3.8, 4) is 6.07 Å². The van der Waals surface area contributed by atoms with Gasteiger partial charge in [-0.05, 0) is 37.1 Å². The largest absolute Gasteiger partial charge is 0.357 e. The van der Waals surface area contributed by atoms with Crippen molar-refractivity contribution in [2.75, 3.05) is 13.1 Å². The Morgan fingerprint density at radius 1 is 1.16 bits per heavy atom. The normalized spacial score (nSPS) is 10.5. The van der Waals surface area contributed by atoms with Gasteiger partial charge in [-0.15, -0.1) is 24.0 Å². The highest BCUT2D eigenvalue weighted by Gasteiger charge is 2.04. The number of hydrogen-bond donors (Lipinski definition) is 2. The van der Waals surface area contributed by atoms with Gasteiger partial charge in [0.2, 0.25) is 0 Å². The fraction of sp³-hybridized carbons (Fsp3) is 0.263. The van der Waals surface area contributed by atoms with Gasteiger partial charge in [0.1, 0.15) is 5.82 Å². The van der Waals surface area contributed by atoms with Crippen molar-refractivity contribution in [2.45, 2.75) is 19.9 Å². The molecule has 0 saturated carbocycles. The molecule has 25 heavy (non-hydrogen) atoms. The molecule has 6 heteroatoms. The van der Waals surface area contributed by atoms with Crippen molar-refractivity contribution in [1.82, 2.24) is 10.6 Å². The Hall–Kier alpha value is -2.14. The zero-order chi connectivity index (χ0) is 17.2. The third kappa shape index (κ3) is 7.10. The molecule has 2 N–H and O–H groups in total. The predicted molar refractivity (Wildman–Crippen MR) is 109 cm³/mol. The van der Waals surface area contributed by atoms with E-state index in [9.17, 15) is 4.39 Å². The molecule has 2 aromatic rings. The summed E-state index contributed by atoms with van der Waals surface area (Å²) < 4.78 is 13.8.